The second kappa shape index (κ2) is 6.57. The highest BCUT2D eigenvalue weighted by molar-refractivity contribution is 6.07. The zero-order valence-corrected chi connectivity index (χ0v) is 14.0. The second-order valence-electron chi connectivity index (χ2n) is 6.51. The number of hydrogen-bond acceptors (Lipinski definition) is 4. The maximum Gasteiger partial charge on any atom is 0.363 e. The molecule has 0 saturated heterocycles. The molecule has 122 valence electrons. The molecular weight excluding hydrogens is 290 g/mol. The quantitative estimate of drug-likeness (QED) is 0.615. The molecule has 1 fully saturated rings. The molecule has 1 heterocycles. The van der Waals surface area contributed by atoms with Crippen molar-refractivity contribution in [1.29, 1.82) is 0 Å². The van der Waals surface area contributed by atoms with Crippen molar-refractivity contribution < 1.29 is 14.3 Å². The number of nitrogens with zero attached hydrogens (tertiary/aromatic N) is 1. The Balaban J connectivity index is 1.88. The molecule has 1 aromatic carbocycles. The first-order valence-corrected chi connectivity index (χ1v) is 8.29. The standard InChI is InChI=1S/C19H23NO3/c1-12(2)15-10-13(8-9-17(15)22-3)11-16-19(21)23-18(20-16)14-6-4-5-7-14/h8-12,14H,4-7H2,1-3H3/b16-11+. The van der Waals surface area contributed by atoms with Crippen LogP contribution in [-0.2, 0) is 9.53 Å². The normalized spacial score (nSPS) is 20.3. The van der Waals surface area contributed by atoms with Gasteiger partial charge in [-0.1, -0.05) is 32.8 Å². The van der Waals surface area contributed by atoms with Crippen molar-refractivity contribution in [2.45, 2.75) is 45.4 Å². The van der Waals surface area contributed by atoms with E-state index in [1.807, 2.05) is 18.2 Å². The van der Waals surface area contributed by atoms with Gasteiger partial charge in [0.25, 0.3) is 0 Å². The summed E-state index contributed by atoms with van der Waals surface area (Å²) in [6.45, 7) is 4.24. The van der Waals surface area contributed by atoms with Crippen LogP contribution in [0.2, 0.25) is 0 Å². The molecule has 0 unspecified atom stereocenters. The van der Waals surface area contributed by atoms with Crippen LogP contribution in [0.3, 0.4) is 0 Å². The molecule has 0 atom stereocenters. The van der Waals surface area contributed by atoms with Gasteiger partial charge in [0.15, 0.2) is 5.70 Å². The number of benzene rings is 1. The maximum atomic E-state index is 12.1. The Hall–Kier alpha value is -2.10. The van der Waals surface area contributed by atoms with Gasteiger partial charge in [-0.3, -0.25) is 0 Å². The Labute approximate surface area is 137 Å². The zero-order chi connectivity index (χ0) is 16.4. The summed E-state index contributed by atoms with van der Waals surface area (Å²) in [5, 5.41) is 0. The molecule has 4 heteroatoms. The highest BCUT2D eigenvalue weighted by Crippen LogP contribution is 2.31. The van der Waals surface area contributed by atoms with Crippen molar-refractivity contribution in [3.63, 3.8) is 0 Å². The molecule has 0 bridgehead atoms. The van der Waals surface area contributed by atoms with Gasteiger partial charge in [0.1, 0.15) is 5.75 Å². The van der Waals surface area contributed by atoms with Crippen LogP contribution in [0.25, 0.3) is 6.08 Å². The first-order chi connectivity index (χ1) is 11.1. The Morgan fingerprint density at radius 3 is 2.70 bits per heavy atom. The minimum Gasteiger partial charge on any atom is -0.496 e. The third-order valence-corrected chi connectivity index (χ3v) is 4.52. The third-order valence-electron chi connectivity index (χ3n) is 4.52. The molecular formula is C19H23NO3. The van der Waals surface area contributed by atoms with E-state index in [1.165, 1.54) is 12.8 Å². The van der Waals surface area contributed by atoms with Crippen molar-refractivity contribution in [1.82, 2.24) is 0 Å². The van der Waals surface area contributed by atoms with Gasteiger partial charge in [-0.2, -0.15) is 0 Å². The minimum absolute atomic E-state index is 0.312. The van der Waals surface area contributed by atoms with Gasteiger partial charge < -0.3 is 9.47 Å². The molecule has 0 radical (unpaired) electrons. The number of carbonyl (C=O) groups is 1. The lowest BCUT2D eigenvalue weighted by Crippen LogP contribution is -2.12. The number of cyclic esters (lactones) is 1. The van der Waals surface area contributed by atoms with Crippen molar-refractivity contribution >= 4 is 17.9 Å². The predicted molar refractivity (Wildman–Crippen MR) is 90.5 cm³/mol. The molecule has 3 rings (SSSR count). The van der Waals surface area contributed by atoms with Crippen LogP contribution >= 0.6 is 0 Å². The van der Waals surface area contributed by atoms with E-state index in [9.17, 15) is 4.79 Å². The van der Waals surface area contributed by atoms with Gasteiger partial charge in [-0.05, 0) is 48.1 Å². The van der Waals surface area contributed by atoms with Crippen LogP contribution in [0, 0.1) is 5.92 Å². The molecule has 2 aliphatic rings. The molecule has 1 aliphatic heterocycles. The summed E-state index contributed by atoms with van der Waals surface area (Å²) in [7, 11) is 1.67. The summed E-state index contributed by atoms with van der Waals surface area (Å²) in [5.41, 5.74) is 2.46. The van der Waals surface area contributed by atoms with E-state index in [0.29, 0.717) is 23.4 Å². The number of hydrogen-bond donors (Lipinski definition) is 0. The number of methoxy groups -OCH3 is 1. The Kier molecular flexibility index (Phi) is 4.51. The highest BCUT2D eigenvalue weighted by Gasteiger charge is 2.31. The van der Waals surface area contributed by atoms with Crippen molar-refractivity contribution in [3.8, 4) is 5.75 Å². The SMILES string of the molecule is COc1ccc(/C=C2/N=C(C3CCCC3)OC2=O)cc1C(C)C. The van der Waals surface area contributed by atoms with Gasteiger partial charge >= 0.3 is 5.97 Å². The van der Waals surface area contributed by atoms with E-state index in [2.05, 4.69) is 18.8 Å². The second-order valence-corrected chi connectivity index (χ2v) is 6.51. The van der Waals surface area contributed by atoms with Crippen LogP contribution in [-0.4, -0.2) is 19.0 Å². The largest absolute Gasteiger partial charge is 0.496 e. The highest BCUT2D eigenvalue weighted by atomic mass is 16.6. The summed E-state index contributed by atoms with van der Waals surface area (Å²) in [6.07, 6.45) is 6.32. The van der Waals surface area contributed by atoms with E-state index in [4.69, 9.17) is 9.47 Å². The van der Waals surface area contributed by atoms with Gasteiger partial charge in [-0.25, -0.2) is 9.79 Å². The van der Waals surface area contributed by atoms with Gasteiger partial charge in [0.2, 0.25) is 5.90 Å². The number of rotatable bonds is 4. The number of esters is 1. The molecule has 0 N–H and O–H groups in total. The van der Waals surface area contributed by atoms with Crippen LogP contribution in [0.4, 0.5) is 0 Å². The van der Waals surface area contributed by atoms with Crippen LogP contribution in [0.1, 0.15) is 56.6 Å². The fraction of sp³-hybridized carbons (Fsp3) is 0.474. The lowest BCUT2D eigenvalue weighted by Gasteiger charge is -2.12. The molecule has 0 aromatic heterocycles. The summed E-state index contributed by atoms with van der Waals surface area (Å²) in [6, 6.07) is 5.92. The van der Waals surface area contributed by atoms with E-state index in [0.717, 1.165) is 29.7 Å². The van der Waals surface area contributed by atoms with Gasteiger partial charge in [-0.15, -0.1) is 0 Å². The van der Waals surface area contributed by atoms with Crippen molar-refractivity contribution in [2.24, 2.45) is 10.9 Å². The number of carbonyl (C=O) groups excluding carboxylic acids is 1. The Bertz CT molecular complexity index is 667. The Morgan fingerprint density at radius 2 is 2.04 bits per heavy atom. The third kappa shape index (κ3) is 3.31. The molecule has 0 spiro atoms. The fourth-order valence-electron chi connectivity index (χ4n) is 3.22. The van der Waals surface area contributed by atoms with E-state index >= 15 is 0 Å². The average molecular weight is 313 g/mol. The summed E-state index contributed by atoms with van der Waals surface area (Å²) >= 11 is 0. The molecule has 23 heavy (non-hydrogen) atoms. The molecule has 1 saturated carbocycles. The summed E-state index contributed by atoms with van der Waals surface area (Å²) in [5.74, 6) is 1.79. The first-order valence-electron chi connectivity index (χ1n) is 8.29. The van der Waals surface area contributed by atoms with Gasteiger partial charge in [0.05, 0.1) is 7.11 Å². The summed E-state index contributed by atoms with van der Waals surface area (Å²) in [4.78, 5) is 16.5. The Morgan fingerprint density at radius 1 is 1.30 bits per heavy atom. The predicted octanol–water partition coefficient (Wildman–Crippen LogP) is 4.31. The van der Waals surface area contributed by atoms with Crippen LogP contribution in [0.5, 0.6) is 5.75 Å². The lowest BCUT2D eigenvalue weighted by atomic mass is 9.99. The molecule has 4 nitrogen and oxygen atoms in total. The van der Waals surface area contributed by atoms with Crippen molar-refractivity contribution in [2.75, 3.05) is 7.11 Å². The van der Waals surface area contributed by atoms with Crippen molar-refractivity contribution in [3.05, 3.63) is 35.0 Å². The number of ether oxygens (including phenoxy) is 2. The molecule has 0 amide bonds. The van der Waals surface area contributed by atoms with E-state index < -0.39 is 0 Å². The van der Waals surface area contributed by atoms with Gasteiger partial charge in [0, 0.05) is 5.92 Å². The maximum absolute atomic E-state index is 12.1. The van der Waals surface area contributed by atoms with Crippen LogP contribution < -0.4 is 4.74 Å². The molecule has 1 aliphatic carbocycles. The summed E-state index contributed by atoms with van der Waals surface area (Å²) < 4.78 is 10.8. The van der Waals surface area contributed by atoms with Crippen LogP contribution in [0.15, 0.2) is 28.9 Å². The van der Waals surface area contributed by atoms with E-state index in [-0.39, 0.29) is 5.97 Å². The monoisotopic (exact) mass is 313 g/mol. The fourth-order valence-corrected chi connectivity index (χ4v) is 3.22. The zero-order valence-electron chi connectivity index (χ0n) is 14.0. The topological polar surface area (TPSA) is 47.9 Å². The van der Waals surface area contributed by atoms with E-state index in [1.54, 1.807) is 13.2 Å². The minimum atomic E-state index is -0.339. The smallest absolute Gasteiger partial charge is 0.363 e. The number of aliphatic imine (C=N–C) groups is 1. The lowest BCUT2D eigenvalue weighted by molar-refractivity contribution is -0.130. The molecule has 1 aromatic rings. The first kappa shape index (κ1) is 15.8. The average Bonchev–Trinajstić information content (AvgIpc) is 3.17.